The van der Waals surface area contributed by atoms with Crippen molar-refractivity contribution < 1.29 is 4.39 Å². The van der Waals surface area contributed by atoms with Crippen LogP contribution >= 0.6 is 34.8 Å². The molecule has 20 heavy (non-hydrogen) atoms. The van der Waals surface area contributed by atoms with Crippen molar-refractivity contribution in [3.05, 3.63) is 65.6 Å². The summed E-state index contributed by atoms with van der Waals surface area (Å²) in [7, 11) is 0. The average molecular weight is 338 g/mol. The van der Waals surface area contributed by atoms with E-state index in [1.165, 1.54) is 0 Å². The van der Waals surface area contributed by atoms with Crippen molar-refractivity contribution in [2.24, 2.45) is 0 Å². The Balaban J connectivity index is 2.30. The maximum absolute atomic E-state index is 13.4. The Bertz CT molecular complexity index is 770. The summed E-state index contributed by atoms with van der Waals surface area (Å²) in [6.45, 7) is -0.0242. The van der Waals surface area contributed by atoms with Crippen LogP contribution in [0.15, 0.2) is 27.8 Å². The highest BCUT2D eigenvalue weighted by Crippen LogP contribution is 2.21. The smallest absolute Gasteiger partial charge is 0.295 e. The van der Waals surface area contributed by atoms with Crippen LogP contribution in [-0.4, -0.2) is 9.55 Å². The fourth-order valence-corrected chi connectivity index (χ4v) is 2.35. The van der Waals surface area contributed by atoms with Crippen molar-refractivity contribution in [1.82, 2.24) is 9.55 Å². The van der Waals surface area contributed by atoms with Crippen molar-refractivity contribution in [3.8, 4) is 0 Å². The van der Waals surface area contributed by atoms with Crippen LogP contribution in [0.2, 0.25) is 15.2 Å². The maximum atomic E-state index is 13.4. The summed E-state index contributed by atoms with van der Waals surface area (Å²) in [5, 5.41) is 0.295. The molecule has 0 unspecified atom stereocenters. The zero-order chi connectivity index (χ0) is 14.9. The van der Waals surface area contributed by atoms with Gasteiger partial charge in [0, 0.05) is 16.6 Å². The van der Waals surface area contributed by atoms with Crippen LogP contribution in [0.1, 0.15) is 5.56 Å². The number of aromatic amines is 1. The summed E-state index contributed by atoms with van der Waals surface area (Å²) in [4.78, 5) is 25.2. The average Bonchev–Trinajstić information content (AvgIpc) is 2.38. The summed E-state index contributed by atoms with van der Waals surface area (Å²) in [6.07, 6.45) is 0.278. The Morgan fingerprint density at radius 3 is 2.55 bits per heavy atom. The van der Waals surface area contributed by atoms with Crippen LogP contribution < -0.4 is 11.2 Å². The molecule has 0 spiro atoms. The summed E-state index contributed by atoms with van der Waals surface area (Å²) in [6, 6.07) is 4.86. The van der Waals surface area contributed by atoms with E-state index in [1.807, 2.05) is 0 Å². The third-order valence-corrected chi connectivity index (χ3v) is 3.55. The van der Waals surface area contributed by atoms with E-state index in [2.05, 4.69) is 4.98 Å². The Morgan fingerprint density at radius 1 is 1.20 bits per heavy atom. The van der Waals surface area contributed by atoms with E-state index in [4.69, 9.17) is 34.8 Å². The minimum atomic E-state index is -1.19. The Morgan fingerprint density at radius 2 is 1.90 bits per heavy atom. The van der Waals surface area contributed by atoms with Gasteiger partial charge >= 0.3 is 5.69 Å². The molecule has 1 aromatic carbocycles. The van der Waals surface area contributed by atoms with Crippen molar-refractivity contribution in [1.29, 1.82) is 0 Å². The zero-order valence-corrected chi connectivity index (χ0v) is 12.2. The molecule has 0 atom stereocenters. The largest absolute Gasteiger partial charge is 0.329 e. The number of benzene rings is 1. The molecule has 2 aromatic rings. The monoisotopic (exact) mass is 336 g/mol. The minimum absolute atomic E-state index is 0.0242. The van der Waals surface area contributed by atoms with E-state index in [0.29, 0.717) is 15.6 Å². The van der Waals surface area contributed by atoms with Crippen molar-refractivity contribution in [3.63, 3.8) is 0 Å². The molecule has 8 heteroatoms. The molecule has 0 saturated carbocycles. The molecule has 2 rings (SSSR count). The molecule has 1 heterocycles. The number of aryl methyl sites for hydroxylation is 1. The summed E-state index contributed by atoms with van der Waals surface area (Å²) in [5.41, 5.74) is -1.15. The second kappa shape index (κ2) is 5.99. The van der Waals surface area contributed by atoms with Crippen molar-refractivity contribution in [2.45, 2.75) is 13.0 Å². The van der Waals surface area contributed by atoms with Gasteiger partial charge in [-0.1, -0.05) is 40.9 Å². The fraction of sp³-hybridized carbons (Fsp3) is 0.167. The van der Waals surface area contributed by atoms with Gasteiger partial charge in [0.2, 0.25) is 5.82 Å². The van der Waals surface area contributed by atoms with Gasteiger partial charge in [-0.3, -0.25) is 14.3 Å². The fourth-order valence-electron chi connectivity index (χ4n) is 1.68. The standard InChI is InChI=1S/C12H8Cl3FN2O2/c13-7-2-1-6(8(14)5-7)3-4-18-11(19)9(16)10(15)17-12(18)20/h1-2,5H,3-4H2,(H,17,20). The molecule has 0 saturated heterocycles. The van der Waals surface area contributed by atoms with Crippen LogP contribution in [0.3, 0.4) is 0 Å². The quantitative estimate of drug-likeness (QED) is 0.876. The molecule has 0 aliphatic heterocycles. The number of hydrogen-bond acceptors (Lipinski definition) is 2. The molecule has 4 nitrogen and oxygen atoms in total. The molecule has 1 N–H and O–H groups in total. The molecule has 0 aliphatic carbocycles. The summed E-state index contributed by atoms with van der Waals surface area (Å²) >= 11 is 17.1. The second-order valence-corrected chi connectivity index (χ2v) is 5.22. The Kier molecular flexibility index (Phi) is 4.52. The Hall–Kier alpha value is -1.30. The summed E-state index contributed by atoms with van der Waals surface area (Å²) < 4.78 is 14.1. The van der Waals surface area contributed by atoms with Gasteiger partial charge in [0.15, 0.2) is 5.15 Å². The van der Waals surface area contributed by atoms with Gasteiger partial charge in [-0.05, 0) is 24.1 Å². The number of nitrogens with zero attached hydrogens (tertiary/aromatic N) is 1. The molecular weight excluding hydrogens is 330 g/mol. The first-order valence-electron chi connectivity index (χ1n) is 5.52. The van der Waals surface area contributed by atoms with E-state index < -0.39 is 22.2 Å². The van der Waals surface area contributed by atoms with E-state index in [1.54, 1.807) is 18.2 Å². The number of H-pyrrole nitrogens is 1. The molecule has 0 fully saturated rings. The van der Waals surface area contributed by atoms with E-state index in [-0.39, 0.29) is 13.0 Å². The molecule has 0 amide bonds. The third kappa shape index (κ3) is 3.06. The van der Waals surface area contributed by atoms with Crippen molar-refractivity contribution >= 4 is 34.8 Å². The summed E-state index contributed by atoms with van der Waals surface area (Å²) in [5.74, 6) is -1.19. The Labute approximate surface area is 127 Å². The number of aromatic nitrogens is 2. The van der Waals surface area contributed by atoms with Crippen LogP contribution in [0.25, 0.3) is 0 Å². The van der Waals surface area contributed by atoms with Gasteiger partial charge in [-0.15, -0.1) is 0 Å². The van der Waals surface area contributed by atoms with E-state index in [0.717, 1.165) is 4.57 Å². The predicted octanol–water partition coefficient (Wildman–Crippen LogP) is 2.88. The van der Waals surface area contributed by atoms with Gasteiger partial charge < -0.3 is 0 Å². The third-order valence-electron chi connectivity index (χ3n) is 2.71. The predicted molar refractivity (Wildman–Crippen MR) is 76.5 cm³/mol. The number of halogens is 4. The van der Waals surface area contributed by atoms with E-state index >= 15 is 0 Å². The first-order valence-corrected chi connectivity index (χ1v) is 6.65. The number of rotatable bonds is 3. The van der Waals surface area contributed by atoms with E-state index in [9.17, 15) is 14.0 Å². The first-order chi connectivity index (χ1) is 9.40. The molecular formula is C12H8Cl3FN2O2. The van der Waals surface area contributed by atoms with Crippen LogP contribution in [0.5, 0.6) is 0 Å². The lowest BCUT2D eigenvalue weighted by Gasteiger charge is -2.07. The van der Waals surface area contributed by atoms with Gasteiger partial charge in [0.1, 0.15) is 0 Å². The van der Waals surface area contributed by atoms with Crippen LogP contribution in [-0.2, 0) is 13.0 Å². The second-order valence-electron chi connectivity index (χ2n) is 4.00. The lowest BCUT2D eigenvalue weighted by molar-refractivity contribution is 0.539. The molecule has 0 bridgehead atoms. The maximum Gasteiger partial charge on any atom is 0.329 e. The first kappa shape index (κ1) is 15.1. The van der Waals surface area contributed by atoms with Gasteiger partial charge in [-0.2, -0.15) is 4.39 Å². The number of hydrogen-bond donors (Lipinski definition) is 1. The topological polar surface area (TPSA) is 54.9 Å². The van der Waals surface area contributed by atoms with Crippen molar-refractivity contribution in [2.75, 3.05) is 0 Å². The molecule has 0 aliphatic rings. The minimum Gasteiger partial charge on any atom is -0.295 e. The van der Waals surface area contributed by atoms with Gasteiger partial charge in [0.05, 0.1) is 0 Å². The lowest BCUT2D eigenvalue weighted by Crippen LogP contribution is -2.37. The highest BCUT2D eigenvalue weighted by atomic mass is 35.5. The zero-order valence-electron chi connectivity index (χ0n) is 9.92. The number of nitrogens with one attached hydrogen (secondary N) is 1. The van der Waals surface area contributed by atoms with Crippen LogP contribution in [0.4, 0.5) is 4.39 Å². The molecule has 1 aromatic heterocycles. The SMILES string of the molecule is O=c1[nH]c(Cl)c(F)c(=O)n1CCc1ccc(Cl)cc1Cl. The highest BCUT2D eigenvalue weighted by Gasteiger charge is 2.12. The lowest BCUT2D eigenvalue weighted by atomic mass is 10.1. The highest BCUT2D eigenvalue weighted by molar-refractivity contribution is 6.35. The van der Waals surface area contributed by atoms with Gasteiger partial charge in [0.25, 0.3) is 5.56 Å². The molecule has 0 radical (unpaired) electrons. The van der Waals surface area contributed by atoms with Gasteiger partial charge in [-0.25, -0.2) is 4.79 Å². The molecule has 106 valence electrons. The normalized spacial score (nSPS) is 10.8. The van der Waals surface area contributed by atoms with Crippen LogP contribution in [0, 0.1) is 5.82 Å².